The molecule has 0 spiro atoms. The van der Waals surface area contributed by atoms with Gasteiger partial charge in [0.2, 0.25) is 5.78 Å². The van der Waals surface area contributed by atoms with E-state index in [4.69, 9.17) is 39.9 Å². The Bertz CT molecular complexity index is 1620. The third-order valence-corrected chi connectivity index (χ3v) is 10.1. The molecule has 0 saturated carbocycles. The van der Waals surface area contributed by atoms with Crippen LogP contribution in [0.15, 0.2) is 18.2 Å². The number of carbonyl (C=O) groups is 3. The molecule has 2 aliphatic carbocycles. The van der Waals surface area contributed by atoms with E-state index in [1.54, 1.807) is 14.0 Å². The summed E-state index contributed by atoms with van der Waals surface area (Å²) in [5, 5.41) is 34.7. The molecule has 4 aliphatic rings. The number of Topliss-reactive ketones (excluding diaryl/α,β-unsaturated/α-hetero) is 1. The van der Waals surface area contributed by atoms with Gasteiger partial charge < -0.3 is 55.2 Å². The number of aromatic hydroxyl groups is 2. The zero-order valence-corrected chi connectivity index (χ0v) is 27.4. The van der Waals surface area contributed by atoms with Crippen molar-refractivity contribution in [2.75, 3.05) is 14.2 Å². The molecule has 0 bridgehead atoms. The average molecular weight is 671 g/mol. The lowest BCUT2D eigenvalue weighted by atomic mass is 9.72. The minimum atomic E-state index is -2.03. The van der Waals surface area contributed by atoms with Crippen LogP contribution in [-0.2, 0) is 34.9 Å². The highest BCUT2D eigenvalue weighted by atomic mass is 16.7. The molecular weight excluding hydrogens is 628 g/mol. The lowest BCUT2D eigenvalue weighted by Gasteiger charge is -2.45. The van der Waals surface area contributed by atoms with Gasteiger partial charge in [-0.05, 0) is 26.8 Å². The maximum atomic E-state index is 13.9. The van der Waals surface area contributed by atoms with Gasteiger partial charge in [0, 0.05) is 61.6 Å². The molecule has 48 heavy (non-hydrogen) atoms. The van der Waals surface area contributed by atoms with Crippen LogP contribution in [0.1, 0.15) is 89.1 Å². The second-order valence-electron chi connectivity index (χ2n) is 13.1. The van der Waals surface area contributed by atoms with E-state index >= 15 is 0 Å². The van der Waals surface area contributed by atoms with Crippen molar-refractivity contribution in [1.29, 1.82) is 0 Å². The molecule has 260 valence electrons. The first-order chi connectivity index (χ1) is 22.7. The fraction of sp³-hybridized carbons (Fsp3) is 0.559. The third-order valence-electron chi connectivity index (χ3n) is 10.1. The summed E-state index contributed by atoms with van der Waals surface area (Å²) < 4.78 is 35.4. The highest BCUT2D eigenvalue weighted by Gasteiger charge is 2.50. The number of nitrogens with two attached hydrogens (primary N) is 2. The molecule has 2 aromatic rings. The molecule has 0 amide bonds. The zero-order valence-electron chi connectivity index (χ0n) is 27.4. The quantitative estimate of drug-likeness (QED) is 0.225. The van der Waals surface area contributed by atoms with Crippen LogP contribution in [0.4, 0.5) is 0 Å². The van der Waals surface area contributed by atoms with Gasteiger partial charge in [0.25, 0.3) is 0 Å². The number of phenols is 2. The van der Waals surface area contributed by atoms with Gasteiger partial charge in [-0.15, -0.1) is 0 Å². The highest BCUT2D eigenvalue weighted by molar-refractivity contribution is 6.31. The molecule has 14 heteroatoms. The number of benzene rings is 2. The Kier molecular flexibility index (Phi) is 9.15. The number of phenolic OH excluding ortho intramolecular Hbond substituents is 2. The smallest absolute Gasteiger partial charge is 0.202 e. The maximum absolute atomic E-state index is 13.9. The Labute approximate surface area is 277 Å². The van der Waals surface area contributed by atoms with Crippen LogP contribution in [-0.4, -0.2) is 102 Å². The molecule has 10 atom stereocenters. The first-order valence-corrected chi connectivity index (χ1v) is 16.0. The minimum absolute atomic E-state index is 0.0177. The minimum Gasteiger partial charge on any atom is -0.507 e. The number of ketones is 3. The van der Waals surface area contributed by atoms with Crippen LogP contribution in [0.3, 0.4) is 0 Å². The van der Waals surface area contributed by atoms with Gasteiger partial charge in [0.15, 0.2) is 24.1 Å². The molecule has 2 aliphatic heterocycles. The van der Waals surface area contributed by atoms with E-state index in [-0.39, 0.29) is 59.1 Å². The van der Waals surface area contributed by atoms with Crippen molar-refractivity contribution >= 4 is 17.3 Å². The molecule has 2 fully saturated rings. The predicted octanol–water partition coefficient (Wildman–Crippen LogP) is 1.53. The molecule has 2 heterocycles. The number of fused-ring (bicyclic) bond motifs is 3. The van der Waals surface area contributed by atoms with Crippen LogP contribution < -0.4 is 16.2 Å². The molecule has 14 nitrogen and oxygen atoms in total. The Balaban J connectivity index is 1.31. The van der Waals surface area contributed by atoms with Crippen LogP contribution in [0.5, 0.6) is 17.2 Å². The molecule has 0 aromatic heterocycles. The normalized spacial score (nSPS) is 34.6. The summed E-state index contributed by atoms with van der Waals surface area (Å²) in [6.07, 6.45) is -5.01. The lowest BCUT2D eigenvalue weighted by molar-refractivity contribution is -0.295. The lowest BCUT2D eigenvalue weighted by Crippen LogP contribution is -2.58. The number of hydrogen-bond acceptors (Lipinski definition) is 14. The molecule has 2 saturated heterocycles. The number of methoxy groups -OCH3 is 2. The maximum Gasteiger partial charge on any atom is 0.202 e. The largest absolute Gasteiger partial charge is 0.507 e. The second kappa shape index (κ2) is 12.8. The fourth-order valence-electron chi connectivity index (χ4n) is 7.57. The standard InChI is InChI=1S/C34H42N2O12/c1-13-32(44-5)18(35)9-23(45-13)48-33-14(2)46-22(10-19(33)36)47-21-12-34(42,15(3)37)11-17-25(21)31(41)27-26(29(17)39)28(38)16-7-6-8-20(43-4)24(16)30(27)40/h6-8,13-14,18-19,21-23,32-33,39,41-42H,9-12,35-36H2,1-5H3. The fourth-order valence-corrected chi connectivity index (χ4v) is 7.57. The summed E-state index contributed by atoms with van der Waals surface area (Å²) >= 11 is 0. The van der Waals surface area contributed by atoms with Gasteiger partial charge in [-0.3, -0.25) is 14.4 Å². The van der Waals surface area contributed by atoms with E-state index in [0.29, 0.717) is 6.42 Å². The SMILES string of the molecule is COc1cccc2c1C(=O)c1c(O)c3c(c(O)c1C2=O)CC(O)(C(C)=O)CC3OC1CC(N)C(OC2CC(N)C(OC)C(C)O2)C(C)O1. The van der Waals surface area contributed by atoms with Crippen LogP contribution >= 0.6 is 0 Å². The first kappa shape index (κ1) is 34.4. The molecule has 0 radical (unpaired) electrons. The van der Waals surface area contributed by atoms with Crippen molar-refractivity contribution in [3.05, 3.63) is 51.6 Å². The topological polar surface area (TPSA) is 219 Å². The molecule has 7 N–H and O–H groups in total. The summed E-state index contributed by atoms with van der Waals surface area (Å²) in [6, 6.07) is 3.53. The third kappa shape index (κ3) is 5.59. The molecular formula is C34H42N2O12. The number of hydrogen-bond donors (Lipinski definition) is 5. The van der Waals surface area contributed by atoms with Crippen LogP contribution in [0.2, 0.25) is 0 Å². The van der Waals surface area contributed by atoms with E-state index in [0.717, 1.165) is 0 Å². The van der Waals surface area contributed by atoms with Crippen molar-refractivity contribution in [2.24, 2.45) is 11.5 Å². The second-order valence-corrected chi connectivity index (χ2v) is 13.1. The predicted molar refractivity (Wildman–Crippen MR) is 167 cm³/mol. The van der Waals surface area contributed by atoms with E-state index in [1.165, 1.54) is 32.2 Å². The summed E-state index contributed by atoms with van der Waals surface area (Å²) in [7, 11) is 2.92. The summed E-state index contributed by atoms with van der Waals surface area (Å²) in [4.78, 5) is 40.3. The van der Waals surface area contributed by atoms with Gasteiger partial charge in [-0.25, -0.2) is 0 Å². The summed E-state index contributed by atoms with van der Waals surface area (Å²) in [5.74, 6) is -3.19. The van der Waals surface area contributed by atoms with Crippen molar-refractivity contribution in [2.45, 2.75) is 107 Å². The van der Waals surface area contributed by atoms with Crippen LogP contribution in [0, 0.1) is 0 Å². The van der Waals surface area contributed by atoms with Gasteiger partial charge in [-0.2, -0.15) is 0 Å². The Morgan fingerprint density at radius 2 is 1.50 bits per heavy atom. The Morgan fingerprint density at radius 3 is 2.08 bits per heavy atom. The van der Waals surface area contributed by atoms with Crippen LogP contribution in [0.25, 0.3) is 0 Å². The van der Waals surface area contributed by atoms with Gasteiger partial charge in [0.1, 0.15) is 29.0 Å². The average Bonchev–Trinajstić information content (AvgIpc) is 3.02. The van der Waals surface area contributed by atoms with E-state index < -0.39 is 88.9 Å². The number of rotatable bonds is 7. The Morgan fingerprint density at radius 1 is 0.896 bits per heavy atom. The van der Waals surface area contributed by atoms with Gasteiger partial charge in [0.05, 0.1) is 48.2 Å². The zero-order chi connectivity index (χ0) is 34.8. The first-order valence-electron chi connectivity index (χ1n) is 16.0. The highest BCUT2D eigenvalue weighted by Crippen LogP contribution is 2.52. The number of ether oxygens (including phenoxy) is 6. The van der Waals surface area contributed by atoms with Crippen molar-refractivity contribution in [3.63, 3.8) is 0 Å². The van der Waals surface area contributed by atoms with Gasteiger partial charge >= 0.3 is 0 Å². The van der Waals surface area contributed by atoms with Crippen molar-refractivity contribution < 1.29 is 58.1 Å². The molecule has 2 aromatic carbocycles. The van der Waals surface area contributed by atoms with E-state index in [2.05, 4.69) is 0 Å². The van der Waals surface area contributed by atoms with Crippen molar-refractivity contribution in [1.82, 2.24) is 0 Å². The molecule has 6 rings (SSSR count). The summed E-state index contributed by atoms with van der Waals surface area (Å²) in [5.41, 5.74) is 9.77. The molecule has 10 unspecified atom stereocenters. The Hall–Kier alpha value is -3.47. The van der Waals surface area contributed by atoms with Crippen molar-refractivity contribution in [3.8, 4) is 17.2 Å². The number of aliphatic hydroxyl groups is 1. The van der Waals surface area contributed by atoms with E-state index in [1.807, 2.05) is 6.92 Å². The van der Waals surface area contributed by atoms with E-state index in [9.17, 15) is 29.7 Å². The van der Waals surface area contributed by atoms with Gasteiger partial charge in [-0.1, -0.05) is 12.1 Å². The number of carbonyl (C=O) groups excluding carboxylic acids is 3. The monoisotopic (exact) mass is 670 g/mol. The summed E-state index contributed by atoms with van der Waals surface area (Å²) in [6.45, 7) is 4.79.